The average molecular weight is 298 g/mol. The van der Waals surface area contributed by atoms with Crippen LogP contribution in [0.5, 0.6) is 0 Å². The first-order valence-electron chi connectivity index (χ1n) is 8.66. The van der Waals surface area contributed by atoms with Crippen molar-refractivity contribution in [3.63, 3.8) is 0 Å². The van der Waals surface area contributed by atoms with Crippen LogP contribution in [0.1, 0.15) is 65.7 Å². The van der Waals surface area contributed by atoms with Crippen molar-refractivity contribution in [1.82, 2.24) is 10.2 Å². The number of rotatable bonds is 9. The summed E-state index contributed by atoms with van der Waals surface area (Å²) in [5, 5.41) is 3.30. The van der Waals surface area contributed by atoms with Crippen LogP contribution < -0.4 is 5.32 Å². The van der Waals surface area contributed by atoms with E-state index >= 15 is 0 Å². The van der Waals surface area contributed by atoms with E-state index in [1.165, 1.54) is 32.1 Å². The average Bonchev–Trinajstić information content (AvgIpc) is 2.48. The van der Waals surface area contributed by atoms with Crippen LogP contribution in [0.25, 0.3) is 0 Å². The lowest BCUT2D eigenvalue weighted by molar-refractivity contribution is -0.150. The van der Waals surface area contributed by atoms with Crippen LogP contribution in [0, 0.1) is 0 Å². The van der Waals surface area contributed by atoms with E-state index in [-0.39, 0.29) is 5.97 Å². The Morgan fingerprint density at radius 2 is 1.95 bits per heavy atom. The summed E-state index contributed by atoms with van der Waals surface area (Å²) in [6.45, 7) is 8.16. The molecule has 1 N–H and O–H groups in total. The summed E-state index contributed by atoms with van der Waals surface area (Å²) in [5.41, 5.74) is -0.543. The lowest BCUT2D eigenvalue weighted by Crippen LogP contribution is -2.50. The van der Waals surface area contributed by atoms with Gasteiger partial charge in [-0.25, -0.2) is 0 Å². The molecule has 0 heterocycles. The number of nitrogens with zero attached hydrogens (tertiary/aromatic N) is 1. The lowest BCUT2D eigenvalue weighted by Gasteiger charge is -2.33. The molecular weight excluding hydrogens is 264 g/mol. The van der Waals surface area contributed by atoms with E-state index in [9.17, 15) is 4.79 Å². The molecule has 1 saturated carbocycles. The van der Waals surface area contributed by atoms with Gasteiger partial charge in [-0.05, 0) is 59.7 Å². The second-order valence-electron chi connectivity index (χ2n) is 6.46. The maximum atomic E-state index is 12.1. The van der Waals surface area contributed by atoms with Crippen molar-refractivity contribution in [2.24, 2.45) is 0 Å². The maximum absolute atomic E-state index is 12.1. The van der Waals surface area contributed by atoms with Gasteiger partial charge in [0.1, 0.15) is 5.54 Å². The van der Waals surface area contributed by atoms with Gasteiger partial charge in [0.15, 0.2) is 0 Å². The summed E-state index contributed by atoms with van der Waals surface area (Å²) in [4.78, 5) is 14.6. The van der Waals surface area contributed by atoms with E-state index in [4.69, 9.17) is 4.74 Å². The van der Waals surface area contributed by atoms with Gasteiger partial charge in [0.05, 0.1) is 6.61 Å². The van der Waals surface area contributed by atoms with Crippen molar-refractivity contribution < 1.29 is 9.53 Å². The van der Waals surface area contributed by atoms with Crippen LogP contribution in [0.2, 0.25) is 0 Å². The molecule has 0 aliphatic heterocycles. The van der Waals surface area contributed by atoms with Gasteiger partial charge in [-0.1, -0.05) is 26.2 Å². The molecule has 1 rings (SSSR count). The van der Waals surface area contributed by atoms with Crippen molar-refractivity contribution >= 4 is 5.97 Å². The monoisotopic (exact) mass is 298 g/mol. The molecule has 4 heteroatoms. The van der Waals surface area contributed by atoms with Crippen molar-refractivity contribution in [3.05, 3.63) is 0 Å². The van der Waals surface area contributed by atoms with Crippen molar-refractivity contribution in [2.45, 2.75) is 77.3 Å². The Hall–Kier alpha value is -0.610. The third-order valence-corrected chi connectivity index (χ3v) is 4.68. The Labute approximate surface area is 130 Å². The van der Waals surface area contributed by atoms with Crippen LogP contribution >= 0.6 is 0 Å². The number of likely N-dealkylation sites (N-methyl/N-ethyl adjacent to an activating group) is 1. The van der Waals surface area contributed by atoms with Gasteiger partial charge in [-0.2, -0.15) is 0 Å². The number of hydrogen-bond donors (Lipinski definition) is 1. The number of hydrogen-bond acceptors (Lipinski definition) is 4. The molecule has 0 amide bonds. The molecule has 0 aromatic rings. The zero-order valence-corrected chi connectivity index (χ0v) is 14.4. The fraction of sp³-hybridized carbons (Fsp3) is 0.941. The Bertz CT molecular complexity index is 303. The summed E-state index contributed by atoms with van der Waals surface area (Å²) in [6, 6.07) is 0.742. The van der Waals surface area contributed by atoms with Crippen LogP contribution in [-0.4, -0.2) is 49.2 Å². The lowest BCUT2D eigenvalue weighted by atomic mass is 9.93. The van der Waals surface area contributed by atoms with Gasteiger partial charge >= 0.3 is 5.97 Å². The third kappa shape index (κ3) is 5.95. The molecule has 1 aliphatic carbocycles. The molecule has 1 unspecified atom stereocenters. The Morgan fingerprint density at radius 1 is 1.29 bits per heavy atom. The molecule has 1 atom stereocenters. The van der Waals surface area contributed by atoms with Gasteiger partial charge in [0.25, 0.3) is 0 Å². The number of carbonyl (C=O) groups is 1. The summed E-state index contributed by atoms with van der Waals surface area (Å²) in [5.74, 6) is -0.118. The highest BCUT2D eigenvalue weighted by atomic mass is 16.5. The first-order chi connectivity index (χ1) is 10.0. The zero-order chi connectivity index (χ0) is 15.7. The Balaban J connectivity index is 2.40. The second-order valence-corrected chi connectivity index (χ2v) is 6.46. The normalized spacial score (nSPS) is 19.5. The fourth-order valence-electron chi connectivity index (χ4n) is 3.33. The summed E-state index contributed by atoms with van der Waals surface area (Å²) < 4.78 is 5.22. The summed E-state index contributed by atoms with van der Waals surface area (Å²) in [7, 11) is 2.23. The van der Waals surface area contributed by atoms with E-state index in [1.54, 1.807) is 0 Å². The quantitative estimate of drug-likeness (QED) is 0.665. The molecule has 0 spiro atoms. The van der Waals surface area contributed by atoms with Crippen molar-refractivity contribution in [2.75, 3.05) is 26.7 Å². The predicted octanol–water partition coefficient (Wildman–Crippen LogP) is 2.96. The van der Waals surface area contributed by atoms with E-state index in [2.05, 4.69) is 17.3 Å². The van der Waals surface area contributed by atoms with Gasteiger partial charge in [-0.3, -0.25) is 4.79 Å². The first-order valence-corrected chi connectivity index (χ1v) is 8.66. The second kappa shape index (κ2) is 9.42. The smallest absolute Gasteiger partial charge is 0.326 e. The first kappa shape index (κ1) is 18.4. The number of esters is 1. The number of nitrogens with one attached hydrogen (secondary N) is 1. The van der Waals surface area contributed by atoms with Crippen LogP contribution in [0.3, 0.4) is 0 Å². The molecule has 1 aliphatic rings. The van der Waals surface area contributed by atoms with E-state index in [0.29, 0.717) is 6.61 Å². The van der Waals surface area contributed by atoms with Crippen LogP contribution in [0.15, 0.2) is 0 Å². The number of carbonyl (C=O) groups excluding carboxylic acids is 1. The maximum Gasteiger partial charge on any atom is 0.326 e. The van der Waals surface area contributed by atoms with Gasteiger partial charge < -0.3 is 15.0 Å². The molecular formula is C17H34N2O2. The Kier molecular flexibility index (Phi) is 8.27. The molecule has 0 saturated heterocycles. The molecule has 0 radical (unpaired) electrons. The SMILES string of the molecule is CCNC(C)(CCCN(C)C1CCCCC1)C(=O)OCC. The van der Waals surface area contributed by atoms with Crippen LogP contribution in [-0.2, 0) is 9.53 Å². The van der Waals surface area contributed by atoms with E-state index in [1.807, 2.05) is 20.8 Å². The molecule has 0 aromatic carbocycles. The third-order valence-electron chi connectivity index (χ3n) is 4.68. The molecule has 4 nitrogen and oxygen atoms in total. The minimum absolute atomic E-state index is 0.118. The van der Waals surface area contributed by atoms with Crippen molar-refractivity contribution in [3.8, 4) is 0 Å². The molecule has 21 heavy (non-hydrogen) atoms. The molecule has 124 valence electrons. The highest BCUT2D eigenvalue weighted by Gasteiger charge is 2.33. The zero-order valence-electron chi connectivity index (χ0n) is 14.4. The summed E-state index contributed by atoms with van der Waals surface area (Å²) >= 11 is 0. The largest absolute Gasteiger partial charge is 0.465 e. The van der Waals surface area contributed by atoms with Gasteiger partial charge in [0, 0.05) is 6.04 Å². The highest BCUT2D eigenvalue weighted by molar-refractivity contribution is 5.80. The topological polar surface area (TPSA) is 41.6 Å². The molecule has 0 aromatic heterocycles. The Morgan fingerprint density at radius 3 is 2.52 bits per heavy atom. The summed E-state index contributed by atoms with van der Waals surface area (Å²) in [6.07, 6.45) is 8.65. The van der Waals surface area contributed by atoms with E-state index in [0.717, 1.165) is 32.0 Å². The van der Waals surface area contributed by atoms with Crippen molar-refractivity contribution in [1.29, 1.82) is 0 Å². The molecule has 1 fully saturated rings. The minimum atomic E-state index is -0.543. The fourth-order valence-corrected chi connectivity index (χ4v) is 3.33. The molecule has 0 bridgehead atoms. The highest BCUT2D eigenvalue weighted by Crippen LogP contribution is 2.22. The standard InChI is InChI=1S/C17H34N2O2/c1-5-18-17(3,16(20)21-6-2)13-10-14-19(4)15-11-8-7-9-12-15/h15,18H,5-14H2,1-4H3. The van der Waals surface area contributed by atoms with Gasteiger partial charge in [-0.15, -0.1) is 0 Å². The number of ether oxygens (including phenoxy) is 1. The van der Waals surface area contributed by atoms with E-state index < -0.39 is 5.54 Å². The predicted molar refractivity (Wildman–Crippen MR) is 87.5 cm³/mol. The van der Waals surface area contributed by atoms with Crippen LogP contribution in [0.4, 0.5) is 0 Å². The minimum Gasteiger partial charge on any atom is -0.465 e. The van der Waals surface area contributed by atoms with Gasteiger partial charge in [0.2, 0.25) is 0 Å².